The summed E-state index contributed by atoms with van der Waals surface area (Å²) >= 11 is 9.43. The number of hydrogen-bond acceptors (Lipinski definition) is 4. The van der Waals surface area contributed by atoms with Crippen LogP contribution in [-0.4, -0.2) is 25.6 Å². The molecule has 0 aliphatic carbocycles. The molecule has 5 nitrogen and oxygen atoms in total. The molecule has 0 heterocycles. The topological polar surface area (TPSA) is 64.6 Å². The normalized spacial score (nSPS) is 11.5. The number of ether oxygens (including phenoxy) is 2. The first-order chi connectivity index (χ1) is 11.9. The maximum Gasteiger partial charge on any atom is 0.337 e. The Morgan fingerprint density at radius 1 is 1.20 bits per heavy atom. The van der Waals surface area contributed by atoms with E-state index in [0.717, 1.165) is 10.0 Å². The predicted octanol–water partition coefficient (Wildman–Crippen LogP) is 4.15. The molecule has 132 valence electrons. The highest BCUT2D eigenvalue weighted by molar-refractivity contribution is 9.10. The fraction of sp³-hybridized carbons (Fsp3) is 0.222. The molecule has 0 aromatic heterocycles. The number of carbonyl (C=O) groups excluding carboxylic acids is 2. The minimum atomic E-state index is -0.491. The fourth-order valence-corrected chi connectivity index (χ4v) is 2.62. The van der Waals surface area contributed by atoms with Gasteiger partial charge < -0.3 is 14.8 Å². The molecule has 0 fully saturated rings. The summed E-state index contributed by atoms with van der Waals surface area (Å²) in [6.45, 7) is 1.71. The van der Waals surface area contributed by atoms with Gasteiger partial charge in [0.2, 0.25) is 0 Å². The summed E-state index contributed by atoms with van der Waals surface area (Å²) in [6.07, 6.45) is 0. The van der Waals surface area contributed by atoms with Gasteiger partial charge in [0.05, 0.1) is 23.7 Å². The molecule has 25 heavy (non-hydrogen) atoms. The summed E-state index contributed by atoms with van der Waals surface area (Å²) in [5.41, 5.74) is 1.30. The molecule has 1 atom stereocenters. The molecule has 2 aromatic rings. The van der Waals surface area contributed by atoms with E-state index in [-0.39, 0.29) is 23.6 Å². The van der Waals surface area contributed by atoms with Crippen molar-refractivity contribution in [1.82, 2.24) is 5.32 Å². The third kappa shape index (κ3) is 5.47. The van der Waals surface area contributed by atoms with Gasteiger partial charge in [-0.3, -0.25) is 4.79 Å². The summed E-state index contributed by atoms with van der Waals surface area (Å²) in [6, 6.07) is 12.0. The highest BCUT2D eigenvalue weighted by Crippen LogP contribution is 2.25. The molecule has 2 aromatic carbocycles. The van der Waals surface area contributed by atoms with Crippen molar-refractivity contribution in [3.05, 3.63) is 63.1 Å². The number of esters is 1. The second-order valence-electron chi connectivity index (χ2n) is 5.27. The van der Waals surface area contributed by atoms with Crippen LogP contribution in [0.3, 0.4) is 0 Å². The summed E-state index contributed by atoms with van der Waals surface area (Å²) in [4.78, 5) is 23.5. The third-order valence-electron chi connectivity index (χ3n) is 3.46. The lowest BCUT2D eigenvalue weighted by molar-refractivity contribution is -0.123. The lowest BCUT2D eigenvalue weighted by Crippen LogP contribution is -2.31. The first-order valence-corrected chi connectivity index (χ1v) is 8.63. The standard InChI is InChI=1S/C18H17BrClNO4/c1-11(12-3-6-14(19)7-4-12)21-17(22)10-25-16-8-5-13(9-15(16)20)18(23)24-2/h3-9,11H,10H2,1-2H3,(H,21,22). The van der Waals surface area contributed by atoms with Crippen LogP contribution in [0, 0.1) is 0 Å². The predicted molar refractivity (Wildman–Crippen MR) is 99.0 cm³/mol. The largest absolute Gasteiger partial charge is 0.482 e. The fourth-order valence-electron chi connectivity index (χ4n) is 2.12. The van der Waals surface area contributed by atoms with Crippen LogP contribution in [0.2, 0.25) is 5.02 Å². The molecule has 1 unspecified atom stereocenters. The van der Waals surface area contributed by atoms with Crippen LogP contribution >= 0.6 is 27.5 Å². The van der Waals surface area contributed by atoms with Gasteiger partial charge in [0, 0.05) is 4.47 Å². The van der Waals surface area contributed by atoms with Crippen molar-refractivity contribution in [2.24, 2.45) is 0 Å². The molecular weight excluding hydrogens is 410 g/mol. The lowest BCUT2D eigenvalue weighted by atomic mass is 10.1. The third-order valence-corrected chi connectivity index (χ3v) is 4.28. The monoisotopic (exact) mass is 425 g/mol. The van der Waals surface area contributed by atoms with Crippen molar-refractivity contribution >= 4 is 39.4 Å². The van der Waals surface area contributed by atoms with E-state index >= 15 is 0 Å². The molecule has 7 heteroatoms. The summed E-state index contributed by atoms with van der Waals surface area (Å²) in [5, 5.41) is 3.08. The van der Waals surface area contributed by atoms with Crippen molar-refractivity contribution in [1.29, 1.82) is 0 Å². The van der Waals surface area contributed by atoms with E-state index in [9.17, 15) is 9.59 Å². The minimum absolute atomic E-state index is 0.152. The molecule has 0 spiro atoms. The van der Waals surface area contributed by atoms with E-state index in [1.165, 1.54) is 25.3 Å². The van der Waals surface area contributed by atoms with Gasteiger partial charge in [-0.15, -0.1) is 0 Å². The van der Waals surface area contributed by atoms with E-state index in [1.54, 1.807) is 0 Å². The minimum Gasteiger partial charge on any atom is -0.482 e. The quantitative estimate of drug-likeness (QED) is 0.705. The van der Waals surface area contributed by atoms with Crippen LogP contribution in [0.5, 0.6) is 5.75 Å². The smallest absolute Gasteiger partial charge is 0.337 e. The number of nitrogens with one attached hydrogen (secondary N) is 1. The summed E-state index contributed by atoms with van der Waals surface area (Å²) in [5.74, 6) is -0.446. The Hall–Kier alpha value is -2.05. The second kappa shape index (κ2) is 8.87. The Morgan fingerprint density at radius 3 is 2.48 bits per heavy atom. The molecule has 0 saturated carbocycles. The number of carbonyl (C=O) groups is 2. The number of amides is 1. The van der Waals surface area contributed by atoms with Crippen molar-refractivity contribution in [2.75, 3.05) is 13.7 Å². The molecule has 0 radical (unpaired) electrons. The zero-order chi connectivity index (χ0) is 18.4. The number of halogens is 2. The first-order valence-electron chi connectivity index (χ1n) is 7.46. The van der Waals surface area contributed by atoms with E-state index in [4.69, 9.17) is 16.3 Å². The van der Waals surface area contributed by atoms with Crippen molar-refractivity contribution in [3.8, 4) is 5.75 Å². The Kier molecular flexibility index (Phi) is 6.84. The Labute approximate surface area is 159 Å². The second-order valence-corrected chi connectivity index (χ2v) is 6.59. The van der Waals surface area contributed by atoms with E-state index < -0.39 is 5.97 Å². The average molecular weight is 427 g/mol. The molecule has 0 bridgehead atoms. The van der Waals surface area contributed by atoms with Gasteiger partial charge in [0.1, 0.15) is 5.75 Å². The van der Waals surface area contributed by atoms with Crippen LogP contribution in [0.1, 0.15) is 28.9 Å². The number of benzene rings is 2. The SMILES string of the molecule is COC(=O)c1ccc(OCC(=O)NC(C)c2ccc(Br)cc2)c(Cl)c1. The van der Waals surface area contributed by atoms with Gasteiger partial charge in [0.25, 0.3) is 5.91 Å². The van der Waals surface area contributed by atoms with Gasteiger partial charge in [0.15, 0.2) is 6.61 Å². The zero-order valence-corrected chi connectivity index (χ0v) is 16.1. The molecule has 2 rings (SSSR count). The van der Waals surface area contributed by atoms with Crippen LogP contribution in [0.25, 0.3) is 0 Å². The summed E-state index contributed by atoms with van der Waals surface area (Å²) < 4.78 is 11.0. The molecule has 1 N–H and O–H groups in total. The van der Waals surface area contributed by atoms with Gasteiger partial charge in [-0.2, -0.15) is 0 Å². The highest BCUT2D eigenvalue weighted by Gasteiger charge is 2.13. The van der Waals surface area contributed by atoms with Crippen molar-refractivity contribution in [3.63, 3.8) is 0 Å². The molecule has 1 amide bonds. The first kappa shape index (κ1) is 19.3. The van der Waals surface area contributed by atoms with Crippen molar-refractivity contribution < 1.29 is 19.1 Å². The van der Waals surface area contributed by atoms with Crippen LogP contribution in [0.4, 0.5) is 0 Å². The molecule has 0 aliphatic heterocycles. The van der Waals surface area contributed by atoms with E-state index in [0.29, 0.717) is 11.3 Å². The molecule has 0 aliphatic rings. The van der Waals surface area contributed by atoms with E-state index in [1.807, 2.05) is 31.2 Å². The van der Waals surface area contributed by atoms with Crippen LogP contribution < -0.4 is 10.1 Å². The Morgan fingerprint density at radius 2 is 1.88 bits per heavy atom. The number of hydrogen-bond donors (Lipinski definition) is 1. The Bertz CT molecular complexity index is 764. The van der Waals surface area contributed by atoms with Crippen molar-refractivity contribution in [2.45, 2.75) is 13.0 Å². The van der Waals surface area contributed by atoms with E-state index in [2.05, 4.69) is 26.0 Å². The van der Waals surface area contributed by atoms with Gasteiger partial charge >= 0.3 is 5.97 Å². The van der Waals surface area contributed by atoms with Gasteiger partial charge in [-0.25, -0.2) is 4.79 Å². The highest BCUT2D eigenvalue weighted by atomic mass is 79.9. The maximum absolute atomic E-state index is 12.0. The lowest BCUT2D eigenvalue weighted by Gasteiger charge is -2.15. The molecular formula is C18H17BrClNO4. The molecule has 0 saturated heterocycles. The maximum atomic E-state index is 12.0. The van der Waals surface area contributed by atoms with Gasteiger partial charge in [-0.1, -0.05) is 39.7 Å². The van der Waals surface area contributed by atoms with Crippen LogP contribution in [-0.2, 0) is 9.53 Å². The van der Waals surface area contributed by atoms with Gasteiger partial charge in [-0.05, 0) is 42.8 Å². The number of rotatable bonds is 6. The zero-order valence-electron chi connectivity index (χ0n) is 13.7. The summed E-state index contributed by atoms with van der Waals surface area (Å²) in [7, 11) is 1.29. The Balaban J connectivity index is 1.91. The average Bonchev–Trinajstić information content (AvgIpc) is 2.60. The number of methoxy groups -OCH3 is 1. The van der Waals surface area contributed by atoms with Crippen LogP contribution in [0.15, 0.2) is 46.9 Å².